The minimum absolute atomic E-state index is 0.272. The Morgan fingerprint density at radius 3 is 1.76 bits per heavy atom. The van der Waals surface area contributed by atoms with Gasteiger partial charge in [0, 0.05) is 33.0 Å². The zero-order valence-corrected chi connectivity index (χ0v) is 14.4. The van der Waals surface area contributed by atoms with Crippen molar-refractivity contribution in [1.29, 1.82) is 0 Å². The molecule has 0 saturated heterocycles. The highest BCUT2D eigenvalue weighted by Crippen LogP contribution is 2.16. The monoisotopic (exact) mass is 302 g/mol. The lowest BCUT2D eigenvalue weighted by molar-refractivity contribution is 0.0765. The van der Waals surface area contributed by atoms with Crippen molar-refractivity contribution >= 4 is 0 Å². The van der Waals surface area contributed by atoms with Crippen LogP contribution in [-0.2, 0) is 9.47 Å². The second-order valence-corrected chi connectivity index (χ2v) is 5.98. The first kappa shape index (κ1) is 20.9. The molecule has 1 N–H and O–H groups in total. The summed E-state index contributed by atoms with van der Waals surface area (Å²) >= 11 is 0. The van der Waals surface area contributed by atoms with Crippen molar-refractivity contribution in [1.82, 2.24) is 0 Å². The van der Waals surface area contributed by atoms with Gasteiger partial charge in [-0.15, -0.1) is 0 Å². The van der Waals surface area contributed by atoms with Crippen LogP contribution >= 0.6 is 0 Å². The fourth-order valence-electron chi connectivity index (χ4n) is 2.37. The maximum absolute atomic E-state index is 8.65. The average Bonchev–Trinajstić information content (AvgIpc) is 2.51. The standard InChI is InChI=1S/C18H38O3/c1-3-5-11-18(12-6-4-2)17-21-16-10-9-15-20-14-8-7-13-19/h18-19H,3-17H2,1-2H3. The van der Waals surface area contributed by atoms with E-state index in [2.05, 4.69) is 13.8 Å². The number of unbranched alkanes of at least 4 members (excludes halogenated alkanes) is 4. The van der Waals surface area contributed by atoms with Gasteiger partial charge in [0.15, 0.2) is 0 Å². The van der Waals surface area contributed by atoms with Crippen LogP contribution in [0.1, 0.15) is 78.1 Å². The largest absolute Gasteiger partial charge is 0.396 e. The summed E-state index contributed by atoms with van der Waals surface area (Å²) in [4.78, 5) is 0. The maximum atomic E-state index is 8.65. The first-order valence-electron chi connectivity index (χ1n) is 9.11. The van der Waals surface area contributed by atoms with Crippen LogP contribution in [0.2, 0.25) is 0 Å². The van der Waals surface area contributed by atoms with E-state index in [1.54, 1.807) is 0 Å². The van der Waals surface area contributed by atoms with E-state index in [0.717, 1.165) is 58.0 Å². The summed E-state index contributed by atoms with van der Waals surface area (Å²) in [5.41, 5.74) is 0. The lowest BCUT2D eigenvalue weighted by atomic mass is 9.97. The Labute approximate surface area is 132 Å². The van der Waals surface area contributed by atoms with E-state index in [4.69, 9.17) is 14.6 Å². The molecule has 0 fully saturated rings. The van der Waals surface area contributed by atoms with E-state index in [-0.39, 0.29) is 6.61 Å². The SMILES string of the molecule is CCCCC(CCCC)COCCCCOCCCCO. The summed E-state index contributed by atoms with van der Waals surface area (Å²) in [5.74, 6) is 0.764. The molecule has 0 bridgehead atoms. The Bertz CT molecular complexity index is 177. The van der Waals surface area contributed by atoms with Crippen LogP contribution in [0.15, 0.2) is 0 Å². The first-order chi connectivity index (χ1) is 10.3. The molecule has 0 aromatic carbocycles. The molecule has 0 amide bonds. The molecule has 0 unspecified atom stereocenters. The molecule has 0 atom stereocenters. The fourth-order valence-corrected chi connectivity index (χ4v) is 2.37. The molecule has 0 rings (SSSR count). The summed E-state index contributed by atoms with van der Waals surface area (Å²) in [5, 5.41) is 8.65. The van der Waals surface area contributed by atoms with E-state index >= 15 is 0 Å². The summed E-state index contributed by atoms with van der Waals surface area (Å²) in [7, 11) is 0. The van der Waals surface area contributed by atoms with E-state index in [1.165, 1.54) is 38.5 Å². The van der Waals surface area contributed by atoms with Gasteiger partial charge in [-0.2, -0.15) is 0 Å². The van der Waals surface area contributed by atoms with Crippen molar-refractivity contribution in [3.63, 3.8) is 0 Å². The van der Waals surface area contributed by atoms with E-state index in [1.807, 2.05) is 0 Å². The molecule has 0 aliphatic heterocycles. The lowest BCUT2D eigenvalue weighted by Gasteiger charge is -2.16. The molecule has 0 aromatic rings. The minimum atomic E-state index is 0.272. The lowest BCUT2D eigenvalue weighted by Crippen LogP contribution is -2.11. The van der Waals surface area contributed by atoms with Crippen LogP contribution < -0.4 is 0 Å². The smallest absolute Gasteiger partial charge is 0.0494 e. The highest BCUT2D eigenvalue weighted by Gasteiger charge is 2.07. The predicted molar refractivity (Wildman–Crippen MR) is 89.7 cm³/mol. The first-order valence-corrected chi connectivity index (χ1v) is 9.11. The van der Waals surface area contributed by atoms with Gasteiger partial charge in [0.25, 0.3) is 0 Å². The molecule has 0 spiro atoms. The van der Waals surface area contributed by atoms with Gasteiger partial charge in [0.05, 0.1) is 0 Å². The summed E-state index contributed by atoms with van der Waals surface area (Å²) in [6.45, 7) is 8.21. The predicted octanol–water partition coefficient (Wildman–Crippen LogP) is 4.57. The van der Waals surface area contributed by atoms with Crippen molar-refractivity contribution in [3.8, 4) is 0 Å². The number of rotatable bonds is 17. The Hall–Kier alpha value is -0.120. The van der Waals surface area contributed by atoms with E-state index in [0.29, 0.717) is 0 Å². The normalized spacial score (nSPS) is 11.4. The third-order valence-corrected chi connectivity index (χ3v) is 3.81. The number of hydrogen-bond acceptors (Lipinski definition) is 3. The fraction of sp³-hybridized carbons (Fsp3) is 1.00. The van der Waals surface area contributed by atoms with Crippen LogP contribution in [0.5, 0.6) is 0 Å². The molecule has 0 aromatic heterocycles. The summed E-state index contributed by atoms with van der Waals surface area (Å²) in [6, 6.07) is 0. The van der Waals surface area contributed by atoms with Gasteiger partial charge in [-0.3, -0.25) is 0 Å². The molecular formula is C18H38O3. The van der Waals surface area contributed by atoms with Crippen molar-refractivity contribution in [3.05, 3.63) is 0 Å². The van der Waals surface area contributed by atoms with Crippen molar-refractivity contribution in [2.24, 2.45) is 5.92 Å². The summed E-state index contributed by atoms with van der Waals surface area (Å²) in [6.07, 6.45) is 11.9. The number of ether oxygens (including phenoxy) is 2. The van der Waals surface area contributed by atoms with Gasteiger partial charge in [-0.05, 0) is 44.4 Å². The Kier molecular flexibility index (Phi) is 17.8. The van der Waals surface area contributed by atoms with E-state index in [9.17, 15) is 0 Å². The maximum Gasteiger partial charge on any atom is 0.0494 e. The number of aliphatic hydroxyl groups excluding tert-OH is 1. The van der Waals surface area contributed by atoms with Crippen molar-refractivity contribution in [2.45, 2.75) is 78.1 Å². The van der Waals surface area contributed by atoms with Gasteiger partial charge in [0.2, 0.25) is 0 Å². The molecule has 3 heteroatoms. The molecule has 3 nitrogen and oxygen atoms in total. The van der Waals surface area contributed by atoms with Gasteiger partial charge in [-0.25, -0.2) is 0 Å². The second kappa shape index (κ2) is 17.9. The van der Waals surface area contributed by atoms with Crippen molar-refractivity contribution in [2.75, 3.05) is 33.0 Å². The van der Waals surface area contributed by atoms with E-state index < -0.39 is 0 Å². The van der Waals surface area contributed by atoms with Crippen molar-refractivity contribution < 1.29 is 14.6 Å². The second-order valence-electron chi connectivity index (χ2n) is 5.98. The molecule has 0 radical (unpaired) electrons. The topological polar surface area (TPSA) is 38.7 Å². The Balaban J connectivity index is 3.35. The third-order valence-electron chi connectivity index (χ3n) is 3.81. The van der Waals surface area contributed by atoms with Gasteiger partial charge < -0.3 is 14.6 Å². The Morgan fingerprint density at radius 1 is 0.714 bits per heavy atom. The van der Waals surface area contributed by atoms with Crippen LogP contribution in [0.25, 0.3) is 0 Å². The van der Waals surface area contributed by atoms with Crippen LogP contribution in [0, 0.1) is 5.92 Å². The molecule has 128 valence electrons. The quantitative estimate of drug-likeness (QED) is 0.400. The molecule has 0 saturated carbocycles. The average molecular weight is 302 g/mol. The van der Waals surface area contributed by atoms with Crippen LogP contribution in [0.4, 0.5) is 0 Å². The molecular weight excluding hydrogens is 264 g/mol. The molecule has 21 heavy (non-hydrogen) atoms. The number of aliphatic hydroxyl groups is 1. The molecule has 0 heterocycles. The van der Waals surface area contributed by atoms with Crippen LogP contribution in [0.3, 0.4) is 0 Å². The third kappa shape index (κ3) is 16.1. The molecule has 0 aliphatic carbocycles. The zero-order chi connectivity index (χ0) is 15.6. The Morgan fingerprint density at radius 2 is 1.24 bits per heavy atom. The molecule has 0 aliphatic rings. The van der Waals surface area contributed by atoms with Crippen LogP contribution in [-0.4, -0.2) is 38.1 Å². The number of hydrogen-bond donors (Lipinski definition) is 1. The van der Waals surface area contributed by atoms with Gasteiger partial charge >= 0.3 is 0 Å². The van der Waals surface area contributed by atoms with Gasteiger partial charge in [0.1, 0.15) is 0 Å². The highest BCUT2D eigenvalue weighted by molar-refractivity contribution is 4.59. The zero-order valence-electron chi connectivity index (χ0n) is 14.4. The highest BCUT2D eigenvalue weighted by atomic mass is 16.5. The summed E-state index contributed by atoms with van der Waals surface area (Å²) < 4.78 is 11.3. The van der Waals surface area contributed by atoms with Gasteiger partial charge in [-0.1, -0.05) is 39.5 Å². The minimum Gasteiger partial charge on any atom is -0.396 e.